The molecule has 0 aliphatic carbocycles. The van der Waals surface area contributed by atoms with Crippen LogP contribution in [0.5, 0.6) is 0 Å². The first-order valence-corrected chi connectivity index (χ1v) is 12.0. The van der Waals surface area contributed by atoms with E-state index in [2.05, 4.69) is 10.3 Å². The number of hydrogen-bond acceptors (Lipinski definition) is 6. The zero-order valence-corrected chi connectivity index (χ0v) is 17.5. The van der Waals surface area contributed by atoms with Gasteiger partial charge in [0.25, 0.3) is 11.5 Å². The van der Waals surface area contributed by atoms with Gasteiger partial charge in [-0.3, -0.25) is 14.2 Å². The largest absolute Gasteiger partial charge is 0.348 e. The van der Waals surface area contributed by atoms with Gasteiger partial charge in [0, 0.05) is 38.1 Å². The van der Waals surface area contributed by atoms with Gasteiger partial charge in [0.1, 0.15) is 5.56 Å². The number of rotatable bonds is 5. The molecule has 1 saturated heterocycles. The average Bonchev–Trinajstić information content (AvgIpc) is 3.23. The zero-order chi connectivity index (χ0) is 20.4. The summed E-state index contributed by atoms with van der Waals surface area (Å²) >= 11 is 1.49. The third kappa shape index (κ3) is 4.10. The van der Waals surface area contributed by atoms with Crippen LogP contribution in [0.1, 0.15) is 35.2 Å². The Morgan fingerprint density at radius 1 is 1.10 bits per heavy atom. The summed E-state index contributed by atoms with van der Waals surface area (Å²) in [5.41, 5.74) is 0.432. The number of sulfonamides is 1. The number of nitrogens with one attached hydrogen (secondary N) is 1. The smallest absolute Gasteiger partial charge is 0.267 e. The highest BCUT2D eigenvalue weighted by atomic mass is 32.2. The van der Waals surface area contributed by atoms with Crippen LogP contribution in [-0.4, -0.2) is 47.0 Å². The minimum atomic E-state index is -3.47. The van der Waals surface area contributed by atoms with Gasteiger partial charge < -0.3 is 5.32 Å². The van der Waals surface area contributed by atoms with E-state index < -0.39 is 15.9 Å². The lowest BCUT2D eigenvalue weighted by molar-refractivity contribution is 0.0948. The molecule has 4 rings (SSSR count). The summed E-state index contributed by atoms with van der Waals surface area (Å²) < 4.78 is 28.4. The molecule has 154 valence electrons. The van der Waals surface area contributed by atoms with Gasteiger partial charge in [-0.15, -0.1) is 0 Å². The van der Waals surface area contributed by atoms with Crippen molar-refractivity contribution in [2.24, 2.45) is 0 Å². The topological polar surface area (TPSA) is 101 Å². The fourth-order valence-electron chi connectivity index (χ4n) is 3.48. The van der Waals surface area contributed by atoms with Gasteiger partial charge in [0.2, 0.25) is 10.0 Å². The predicted molar refractivity (Wildman–Crippen MR) is 109 cm³/mol. The number of carbonyl (C=O) groups is 1. The van der Waals surface area contributed by atoms with Gasteiger partial charge >= 0.3 is 0 Å². The van der Waals surface area contributed by atoms with Crippen LogP contribution in [0, 0.1) is 0 Å². The molecule has 10 heteroatoms. The molecular weight excluding hydrogens is 412 g/mol. The Morgan fingerprint density at radius 2 is 1.83 bits per heavy atom. The number of carbonyl (C=O) groups excluding carboxylic acids is 1. The molecule has 0 bridgehead atoms. The fourth-order valence-corrected chi connectivity index (χ4v) is 5.92. The van der Waals surface area contributed by atoms with E-state index in [4.69, 9.17) is 0 Å². The number of aromatic nitrogens is 2. The van der Waals surface area contributed by atoms with Crippen molar-refractivity contribution in [1.29, 1.82) is 0 Å². The SMILES string of the molecule is O=C(NCc1ccc(S(=O)(=O)N2CCCCC2)cc1)c1cnc2n(c1=O)CCS2. The first-order chi connectivity index (χ1) is 14.0. The summed E-state index contributed by atoms with van der Waals surface area (Å²) in [5.74, 6) is 0.291. The van der Waals surface area contributed by atoms with Crippen LogP contribution in [0.25, 0.3) is 0 Å². The third-order valence-electron chi connectivity index (χ3n) is 5.13. The van der Waals surface area contributed by atoms with Crippen LogP contribution in [0.15, 0.2) is 45.3 Å². The molecule has 0 atom stereocenters. The molecule has 2 aliphatic rings. The van der Waals surface area contributed by atoms with Gasteiger partial charge in [0.15, 0.2) is 5.16 Å². The lowest BCUT2D eigenvalue weighted by Crippen LogP contribution is -2.35. The van der Waals surface area contributed by atoms with Crippen molar-refractivity contribution in [1.82, 2.24) is 19.2 Å². The standard InChI is InChI=1S/C19H22N4O4S2/c24-17(16-13-21-19-23(18(16)25)10-11-28-19)20-12-14-4-6-15(7-5-14)29(26,27)22-8-2-1-3-9-22/h4-7,13H,1-3,8-12H2,(H,20,24). The van der Waals surface area contributed by atoms with Gasteiger partial charge in [-0.05, 0) is 30.5 Å². The first-order valence-electron chi connectivity index (χ1n) is 9.57. The van der Waals surface area contributed by atoms with Crippen molar-refractivity contribution < 1.29 is 13.2 Å². The van der Waals surface area contributed by atoms with Gasteiger partial charge in [-0.25, -0.2) is 13.4 Å². The van der Waals surface area contributed by atoms with E-state index in [1.54, 1.807) is 24.3 Å². The summed E-state index contributed by atoms with van der Waals surface area (Å²) in [6.45, 7) is 1.87. The number of thioether (sulfide) groups is 1. The van der Waals surface area contributed by atoms with Crippen molar-refractivity contribution in [2.75, 3.05) is 18.8 Å². The Bertz CT molecular complexity index is 1070. The number of benzene rings is 1. The van der Waals surface area contributed by atoms with E-state index in [0.717, 1.165) is 30.6 Å². The highest BCUT2D eigenvalue weighted by Crippen LogP contribution is 2.21. The molecule has 2 aromatic rings. The van der Waals surface area contributed by atoms with Gasteiger partial charge in [0.05, 0.1) is 4.90 Å². The van der Waals surface area contributed by atoms with Crippen molar-refractivity contribution in [3.63, 3.8) is 0 Å². The maximum Gasteiger partial charge on any atom is 0.267 e. The summed E-state index contributed by atoms with van der Waals surface area (Å²) in [4.78, 5) is 29.2. The second-order valence-corrected chi connectivity index (χ2v) is 10.1. The van der Waals surface area contributed by atoms with Crippen molar-refractivity contribution in [2.45, 2.75) is 42.4 Å². The molecule has 1 N–H and O–H groups in total. The molecule has 0 saturated carbocycles. The fraction of sp³-hybridized carbons (Fsp3) is 0.421. The molecule has 0 radical (unpaired) electrons. The van der Waals surface area contributed by atoms with E-state index in [-0.39, 0.29) is 22.6 Å². The quantitative estimate of drug-likeness (QED) is 0.715. The first kappa shape index (κ1) is 20.1. The number of nitrogens with zero attached hydrogens (tertiary/aromatic N) is 3. The second-order valence-electron chi connectivity index (χ2n) is 7.05. The minimum Gasteiger partial charge on any atom is -0.348 e. The lowest BCUT2D eigenvalue weighted by Gasteiger charge is -2.25. The summed E-state index contributed by atoms with van der Waals surface area (Å²) in [6, 6.07) is 6.49. The average molecular weight is 435 g/mol. The van der Waals surface area contributed by atoms with E-state index in [1.807, 2.05) is 0 Å². The Morgan fingerprint density at radius 3 is 2.55 bits per heavy atom. The maximum absolute atomic E-state index is 12.7. The minimum absolute atomic E-state index is 0.0144. The molecule has 1 aromatic heterocycles. The molecule has 1 aromatic carbocycles. The van der Waals surface area contributed by atoms with Crippen molar-refractivity contribution >= 4 is 27.7 Å². The van der Waals surface area contributed by atoms with Crippen LogP contribution in [0.4, 0.5) is 0 Å². The molecular formula is C19H22N4O4S2. The van der Waals surface area contributed by atoms with Crippen LogP contribution >= 0.6 is 11.8 Å². The molecule has 0 spiro atoms. The Kier molecular flexibility index (Phi) is 5.75. The highest BCUT2D eigenvalue weighted by Gasteiger charge is 2.25. The van der Waals surface area contributed by atoms with E-state index >= 15 is 0 Å². The number of amides is 1. The van der Waals surface area contributed by atoms with Crippen molar-refractivity contribution in [3.8, 4) is 0 Å². The van der Waals surface area contributed by atoms with Crippen LogP contribution < -0.4 is 10.9 Å². The molecule has 1 fully saturated rings. The van der Waals surface area contributed by atoms with Crippen LogP contribution in [-0.2, 0) is 23.1 Å². The number of hydrogen-bond donors (Lipinski definition) is 1. The lowest BCUT2D eigenvalue weighted by atomic mass is 10.2. The third-order valence-corrected chi connectivity index (χ3v) is 8.01. The zero-order valence-electron chi connectivity index (χ0n) is 15.8. The van der Waals surface area contributed by atoms with E-state index in [1.165, 1.54) is 26.8 Å². The second kappa shape index (κ2) is 8.29. The van der Waals surface area contributed by atoms with Crippen LogP contribution in [0.2, 0.25) is 0 Å². The monoisotopic (exact) mass is 434 g/mol. The van der Waals surface area contributed by atoms with Crippen molar-refractivity contribution in [3.05, 3.63) is 51.9 Å². The van der Waals surface area contributed by atoms with E-state index in [0.29, 0.717) is 24.8 Å². The molecule has 2 aliphatic heterocycles. The number of piperidine rings is 1. The Balaban J connectivity index is 1.42. The Hall–Kier alpha value is -2.17. The summed E-state index contributed by atoms with van der Waals surface area (Å²) in [6.07, 6.45) is 4.15. The molecule has 3 heterocycles. The normalized spacial score (nSPS) is 17.1. The molecule has 0 unspecified atom stereocenters. The van der Waals surface area contributed by atoms with Crippen LogP contribution in [0.3, 0.4) is 0 Å². The molecule has 1 amide bonds. The van der Waals surface area contributed by atoms with Gasteiger partial charge in [-0.2, -0.15) is 4.31 Å². The highest BCUT2D eigenvalue weighted by molar-refractivity contribution is 7.99. The summed E-state index contributed by atoms with van der Waals surface area (Å²) in [5, 5.41) is 3.35. The van der Waals surface area contributed by atoms with Gasteiger partial charge in [-0.1, -0.05) is 30.3 Å². The number of fused-ring (bicyclic) bond motifs is 1. The predicted octanol–water partition coefficient (Wildman–Crippen LogP) is 1.45. The Labute approximate surface area is 173 Å². The summed E-state index contributed by atoms with van der Waals surface area (Å²) in [7, 11) is -3.47. The molecule has 29 heavy (non-hydrogen) atoms. The van der Waals surface area contributed by atoms with E-state index in [9.17, 15) is 18.0 Å². The molecule has 8 nitrogen and oxygen atoms in total. The maximum atomic E-state index is 12.7.